The van der Waals surface area contributed by atoms with Crippen LogP contribution in [0.4, 0.5) is 0 Å². The number of carbonyl (C=O) groups excluding carboxylic acids is 1. The lowest BCUT2D eigenvalue weighted by Crippen LogP contribution is -2.41. The van der Waals surface area contributed by atoms with Crippen LogP contribution < -0.4 is 0 Å². The summed E-state index contributed by atoms with van der Waals surface area (Å²) in [4.78, 5) is 14.1. The van der Waals surface area contributed by atoms with Crippen LogP contribution in [0.3, 0.4) is 0 Å². The number of hydrogen-bond acceptors (Lipinski definition) is 3. The smallest absolute Gasteiger partial charge is 0.323 e. The van der Waals surface area contributed by atoms with Crippen LogP contribution in [-0.2, 0) is 9.53 Å². The number of unbranched alkanes of at least 4 members (excludes halogenated alkanes) is 4. The third-order valence-electron chi connectivity index (χ3n) is 3.27. The molecule has 0 saturated heterocycles. The predicted molar refractivity (Wildman–Crippen MR) is 76.7 cm³/mol. The van der Waals surface area contributed by atoms with Gasteiger partial charge in [-0.2, -0.15) is 0 Å². The fourth-order valence-electron chi connectivity index (χ4n) is 2.04. The number of rotatable bonds is 11. The number of esters is 1. The minimum Gasteiger partial charge on any atom is -0.465 e. The fraction of sp³-hybridized carbons (Fsp3) is 0.933. The summed E-state index contributed by atoms with van der Waals surface area (Å²) in [5.74, 6) is -0.0782. The van der Waals surface area contributed by atoms with Gasteiger partial charge in [0.2, 0.25) is 0 Å². The van der Waals surface area contributed by atoms with Crippen molar-refractivity contribution in [2.45, 2.75) is 72.3 Å². The molecule has 0 bridgehead atoms. The second kappa shape index (κ2) is 11.5. The predicted octanol–water partition coefficient (Wildman–Crippen LogP) is 3.62. The van der Waals surface area contributed by atoms with E-state index in [9.17, 15) is 4.79 Å². The van der Waals surface area contributed by atoms with Gasteiger partial charge in [-0.1, -0.05) is 39.5 Å². The molecule has 0 aliphatic carbocycles. The Morgan fingerprint density at radius 1 is 1.00 bits per heavy atom. The molecule has 0 aliphatic heterocycles. The van der Waals surface area contributed by atoms with Gasteiger partial charge in [0.25, 0.3) is 0 Å². The third-order valence-corrected chi connectivity index (χ3v) is 3.27. The number of ether oxygens (including phenoxy) is 1. The van der Waals surface area contributed by atoms with E-state index in [2.05, 4.69) is 18.7 Å². The standard InChI is InChI=1S/C15H31NO2/c1-5-8-10-12-16(13-11-9-6-2)14(4)15(17)18-7-3/h14H,5-13H2,1-4H3. The summed E-state index contributed by atoms with van der Waals surface area (Å²) < 4.78 is 5.12. The molecule has 0 aromatic heterocycles. The van der Waals surface area contributed by atoms with Crippen LogP contribution in [0.2, 0.25) is 0 Å². The molecule has 18 heavy (non-hydrogen) atoms. The van der Waals surface area contributed by atoms with Crippen molar-refractivity contribution in [1.29, 1.82) is 0 Å². The van der Waals surface area contributed by atoms with Crippen molar-refractivity contribution in [3.8, 4) is 0 Å². The molecular formula is C15H31NO2. The van der Waals surface area contributed by atoms with Gasteiger partial charge in [-0.15, -0.1) is 0 Å². The van der Waals surface area contributed by atoms with Crippen molar-refractivity contribution in [2.75, 3.05) is 19.7 Å². The van der Waals surface area contributed by atoms with Gasteiger partial charge in [0, 0.05) is 0 Å². The quantitative estimate of drug-likeness (QED) is 0.418. The topological polar surface area (TPSA) is 29.5 Å². The highest BCUT2D eigenvalue weighted by molar-refractivity contribution is 5.75. The van der Waals surface area contributed by atoms with Crippen LogP contribution in [0, 0.1) is 0 Å². The minimum atomic E-state index is -0.0985. The Kier molecular flexibility index (Phi) is 11.2. The molecule has 0 rings (SSSR count). The van der Waals surface area contributed by atoms with Crippen LogP contribution >= 0.6 is 0 Å². The SMILES string of the molecule is CCCCCN(CCCCC)C(C)C(=O)OCC. The summed E-state index contributed by atoms with van der Waals surface area (Å²) in [7, 11) is 0. The fourth-order valence-corrected chi connectivity index (χ4v) is 2.04. The zero-order chi connectivity index (χ0) is 13.8. The van der Waals surface area contributed by atoms with Gasteiger partial charge < -0.3 is 4.74 Å². The van der Waals surface area contributed by atoms with Gasteiger partial charge in [0.05, 0.1) is 6.61 Å². The molecule has 0 amide bonds. The molecule has 0 aromatic rings. The highest BCUT2D eigenvalue weighted by Crippen LogP contribution is 2.08. The van der Waals surface area contributed by atoms with E-state index in [1.54, 1.807) is 0 Å². The first-order valence-corrected chi connectivity index (χ1v) is 7.57. The molecule has 3 heteroatoms. The first-order valence-electron chi connectivity index (χ1n) is 7.57. The molecule has 0 fully saturated rings. The second-order valence-corrected chi connectivity index (χ2v) is 4.88. The van der Waals surface area contributed by atoms with E-state index in [0.29, 0.717) is 6.61 Å². The van der Waals surface area contributed by atoms with E-state index in [1.165, 1.54) is 38.5 Å². The molecule has 0 heterocycles. The minimum absolute atomic E-state index is 0.0782. The summed E-state index contributed by atoms with van der Waals surface area (Å²) in [6.45, 7) is 10.7. The van der Waals surface area contributed by atoms with Crippen molar-refractivity contribution < 1.29 is 9.53 Å². The molecule has 108 valence electrons. The molecule has 1 atom stereocenters. The normalized spacial score (nSPS) is 12.7. The van der Waals surface area contributed by atoms with Crippen LogP contribution in [0.25, 0.3) is 0 Å². The zero-order valence-electron chi connectivity index (χ0n) is 12.7. The lowest BCUT2D eigenvalue weighted by molar-refractivity contribution is -0.148. The molecule has 0 spiro atoms. The van der Waals surface area contributed by atoms with Gasteiger partial charge in [-0.05, 0) is 39.8 Å². The maximum absolute atomic E-state index is 11.8. The second-order valence-electron chi connectivity index (χ2n) is 4.88. The van der Waals surface area contributed by atoms with Crippen molar-refractivity contribution in [1.82, 2.24) is 4.90 Å². The Bertz CT molecular complexity index is 197. The zero-order valence-corrected chi connectivity index (χ0v) is 12.7. The molecule has 0 N–H and O–H groups in total. The van der Waals surface area contributed by atoms with Crippen LogP contribution in [0.1, 0.15) is 66.2 Å². The highest BCUT2D eigenvalue weighted by atomic mass is 16.5. The molecule has 0 aromatic carbocycles. The van der Waals surface area contributed by atoms with Crippen LogP contribution in [0.5, 0.6) is 0 Å². The number of hydrogen-bond donors (Lipinski definition) is 0. The summed E-state index contributed by atoms with van der Waals surface area (Å²) in [5.41, 5.74) is 0. The van der Waals surface area contributed by atoms with E-state index >= 15 is 0 Å². The van der Waals surface area contributed by atoms with E-state index in [-0.39, 0.29) is 12.0 Å². The highest BCUT2D eigenvalue weighted by Gasteiger charge is 2.21. The molecule has 1 unspecified atom stereocenters. The Morgan fingerprint density at radius 3 is 1.89 bits per heavy atom. The number of nitrogens with zero attached hydrogens (tertiary/aromatic N) is 1. The van der Waals surface area contributed by atoms with Crippen LogP contribution in [0.15, 0.2) is 0 Å². The average molecular weight is 257 g/mol. The largest absolute Gasteiger partial charge is 0.465 e. The Balaban J connectivity index is 4.19. The average Bonchev–Trinajstić information content (AvgIpc) is 2.37. The third kappa shape index (κ3) is 7.70. The van der Waals surface area contributed by atoms with Crippen molar-refractivity contribution in [2.24, 2.45) is 0 Å². The molecule has 0 saturated carbocycles. The maximum atomic E-state index is 11.8. The first kappa shape index (κ1) is 17.4. The van der Waals surface area contributed by atoms with Gasteiger partial charge in [-0.25, -0.2) is 0 Å². The molecular weight excluding hydrogens is 226 g/mol. The number of carbonyl (C=O) groups is 1. The Labute approximate surface area is 113 Å². The van der Waals surface area contributed by atoms with E-state index in [1.807, 2.05) is 13.8 Å². The maximum Gasteiger partial charge on any atom is 0.323 e. The van der Waals surface area contributed by atoms with Gasteiger partial charge >= 0.3 is 5.97 Å². The van der Waals surface area contributed by atoms with Gasteiger partial charge in [0.15, 0.2) is 0 Å². The summed E-state index contributed by atoms with van der Waals surface area (Å²) in [6, 6.07) is -0.0985. The molecule has 3 nitrogen and oxygen atoms in total. The lowest BCUT2D eigenvalue weighted by atomic mass is 10.1. The monoisotopic (exact) mass is 257 g/mol. The first-order chi connectivity index (χ1) is 8.67. The molecule has 0 radical (unpaired) electrons. The van der Waals surface area contributed by atoms with Crippen molar-refractivity contribution >= 4 is 5.97 Å². The van der Waals surface area contributed by atoms with Gasteiger partial charge in [0.1, 0.15) is 6.04 Å². The summed E-state index contributed by atoms with van der Waals surface area (Å²) >= 11 is 0. The molecule has 0 aliphatic rings. The Morgan fingerprint density at radius 2 is 1.50 bits per heavy atom. The lowest BCUT2D eigenvalue weighted by Gasteiger charge is -2.27. The van der Waals surface area contributed by atoms with Crippen LogP contribution in [-0.4, -0.2) is 36.6 Å². The van der Waals surface area contributed by atoms with E-state index < -0.39 is 0 Å². The summed E-state index contributed by atoms with van der Waals surface area (Å²) in [5, 5.41) is 0. The van der Waals surface area contributed by atoms with Gasteiger partial charge in [-0.3, -0.25) is 9.69 Å². The van der Waals surface area contributed by atoms with E-state index in [0.717, 1.165) is 13.1 Å². The Hall–Kier alpha value is -0.570. The summed E-state index contributed by atoms with van der Waals surface area (Å²) in [6.07, 6.45) is 7.26. The van der Waals surface area contributed by atoms with Crippen molar-refractivity contribution in [3.63, 3.8) is 0 Å². The van der Waals surface area contributed by atoms with Crippen molar-refractivity contribution in [3.05, 3.63) is 0 Å². The van der Waals surface area contributed by atoms with E-state index in [4.69, 9.17) is 4.74 Å².